The monoisotopic (exact) mass is 223 g/mol. The number of carboxylic acids is 1. The summed E-state index contributed by atoms with van der Waals surface area (Å²) in [5.74, 6) is -1.09. The Balaban J connectivity index is 2.02. The van der Waals surface area contributed by atoms with Gasteiger partial charge in [-0.05, 0) is 32.6 Å². The van der Waals surface area contributed by atoms with Crippen LogP contribution in [-0.2, 0) is 9.59 Å². The number of rotatable bonds is 2. The fraction of sp³-hybridized carbons (Fsp3) is 0.667. The molecule has 16 heavy (non-hydrogen) atoms. The summed E-state index contributed by atoms with van der Waals surface area (Å²) in [6.45, 7) is 2.97. The predicted octanol–water partition coefficient (Wildman–Crippen LogP) is 1.42. The zero-order chi connectivity index (χ0) is 11.7. The zero-order valence-corrected chi connectivity index (χ0v) is 9.53. The first-order valence-electron chi connectivity index (χ1n) is 5.80. The molecule has 1 aliphatic heterocycles. The third-order valence-electron chi connectivity index (χ3n) is 3.58. The van der Waals surface area contributed by atoms with E-state index in [2.05, 4.69) is 0 Å². The molecule has 0 radical (unpaired) electrons. The summed E-state index contributed by atoms with van der Waals surface area (Å²) in [7, 11) is 0. The molecule has 2 rings (SSSR count). The van der Waals surface area contributed by atoms with Gasteiger partial charge < -0.3 is 10.0 Å². The van der Waals surface area contributed by atoms with Gasteiger partial charge in [0, 0.05) is 18.7 Å². The number of carbonyl (C=O) groups is 2. The first-order valence-corrected chi connectivity index (χ1v) is 5.80. The summed E-state index contributed by atoms with van der Waals surface area (Å²) in [6.07, 6.45) is 3.52. The van der Waals surface area contributed by atoms with Crippen LogP contribution in [0.3, 0.4) is 0 Å². The molecule has 4 nitrogen and oxygen atoms in total. The van der Waals surface area contributed by atoms with Gasteiger partial charge in [-0.3, -0.25) is 9.59 Å². The van der Waals surface area contributed by atoms with Gasteiger partial charge >= 0.3 is 5.97 Å². The van der Waals surface area contributed by atoms with Gasteiger partial charge in [-0.1, -0.05) is 5.57 Å². The fourth-order valence-electron chi connectivity index (χ4n) is 2.52. The van der Waals surface area contributed by atoms with Crippen LogP contribution in [0.2, 0.25) is 0 Å². The van der Waals surface area contributed by atoms with Crippen LogP contribution < -0.4 is 0 Å². The molecule has 0 saturated carbocycles. The Morgan fingerprint density at radius 2 is 2.12 bits per heavy atom. The third kappa shape index (κ3) is 1.96. The maximum atomic E-state index is 12.1. The van der Waals surface area contributed by atoms with Gasteiger partial charge in [-0.25, -0.2) is 0 Å². The molecular formula is C12H17NO3. The highest BCUT2D eigenvalue weighted by Crippen LogP contribution is 2.28. The summed E-state index contributed by atoms with van der Waals surface area (Å²) in [5, 5.41) is 8.88. The number of amides is 1. The Morgan fingerprint density at radius 1 is 1.38 bits per heavy atom. The first kappa shape index (κ1) is 11.2. The maximum absolute atomic E-state index is 12.1. The van der Waals surface area contributed by atoms with Crippen LogP contribution in [0, 0.1) is 5.92 Å². The van der Waals surface area contributed by atoms with E-state index >= 15 is 0 Å². The van der Waals surface area contributed by atoms with Crippen molar-refractivity contribution in [3.8, 4) is 0 Å². The van der Waals surface area contributed by atoms with Crippen molar-refractivity contribution in [2.24, 2.45) is 5.92 Å². The minimum absolute atomic E-state index is 0.0683. The van der Waals surface area contributed by atoms with Crippen molar-refractivity contribution in [3.63, 3.8) is 0 Å². The SMILES string of the molecule is CC1=C(C(=O)N2CCC(C(=O)O)C2)CCC1. The average Bonchev–Trinajstić information content (AvgIpc) is 2.84. The predicted molar refractivity (Wildman–Crippen MR) is 58.9 cm³/mol. The van der Waals surface area contributed by atoms with Crippen molar-refractivity contribution in [1.82, 2.24) is 4.90 Å². The van der Waals surface area contributed by atoms with Crippen LogP contribution in [0.4, 0.5) is 0 Å². The first-order chi connectivity index (χ1) is 7.59. The second-order valence-corrected chi connectivity index (χ2v) is 4.69. The average molecular weight is 223 g/mol. The van der Waals surface area contributed by atoms with Crippen LogP contribution in [0.15, 0.2) is 11.1 Å². The van der Waals surface area contributed by atoms with E-state index in [4.69, 9.17) is 5.11 Å². The second kappa shape index (κ2) is 4.28. The molecule has 0 aromatic rings. The van der Waals surface area contributed by atoms with Crippen LogP contribution in [-0.4, -0.2) is 35.0 Å². The lowest BCUT2D eigenvalue weighted by Crippen LogP contribution is -2.31. The molecule has 1 unspecified atom stereocenters. The topological polar surface area (TPSA) is 57.6 Å². The Hall–Kier alpha value is -1.32. The summed E-state index contributed by atoms with van der Waals surface area (Å²) < 4.78 is 0. The van der Waals surface area contributed by atoms with Crippen LogP contribution in [0.1, 0.15) is 32.6 Å². The Morgan fingerprint density at radius 3 is 2.62 bits per heavy atom. The van der Waals surface area contributed by atoms with Crippen molar-refractivity contribution in [2.75, 3.05) is 13.1 Å². The minimum atomic E-state index is -0.785. The Kier molecular flexibility index (Phi) is 2.99. The molecule has 4 heteroatoms. The number of allylic oxidation sites excluding steroid dienone is 1. The van der Waals surface area contributed by atoms with E-state index in [1.807, 2.05) is 6.92 Å². The summed E-state index contributed by atoms with van der Waals surface area (Å²) in [5.41, 5.74) is 2.11. The molecule has 0 spiro atoms. The quantitative estimate of drug-likeness (QED) is 0.770. The van der Waals surface area contributed by atoms with Crippen molar-refractivity contribution in [3.05, 3.63) is 11.1 Å². The lowest BCUT2D eigenvalue weighted by molar-refractivity contribution is -0.141. The lowest BCUT2D eigenvalue weighted by Gasteiger charge is -2.17. The molecule has 1 heterocycles. The summed E-state index contributed by atoms with van der Waals surface area (Å²) >= 11 is 0. The number of likely N-dealkylation sites (tertiary alicyclic amines) is 1. The molecule has 1 amide bonds. The molecule has 1 fully saturated rings. The molecule has 2 aliphatic rings. The number of aliphatic carboxylic acids is 1. The number of carbonyl (C=O) groups excluding carboxylic acids is 1. The Labute approximate surface area is 94.9 Å². The summed E-state index contributed by atoms with van der Waals surface area (Å²) in [4.78, 5) is 24.6. The maximum Gasteiger partial charge on any atom is 0.308 e. The number of carboxylic acid groups (broad SMARTS) is 1. The van der Waals surface area contributed by atoms with E-state index in [1.54, 1.807) is 4.90 Å². The van der Waals surface area contributed by atoms with Crippen molar-refractivity contribution >= 4 is 11.9 Å². The van der Waals surface area contributed by atoms with Crippen molar-refractivity contribution in [1.29, 1.82) is 0 Å². The van der Waals surface area contributed by atoms with Crippen molar-refractivity contribution in [2.45, 2.75) is 32.6 Å². The largest absolute Gasteiger partial charge is 0.481 e. The number of hydrogen-bond donors (Lipinski definition) is 1. The van der Waals surface area contributed by atoms with E-state index < -0.39 is 5.97 Å². The van der Waals surface area contributed by atoms with Gasteiger partial charge in [-0.15, -0.1) is 0 Å². The molecular weight excluding hydrogens is 206 g/mol. The molecule has 88 valence electrons. The van der Waals surface area contributed by atoms with E-state index in [-0.39, 0.29) is 11.8 Å². The van der Waals surface area contributed by atoms with E-state index in [0.717, 1.165) is 24.8 Å². The van der Waals surface area contributed by atoms with Gasteiger partial charge in [0.2, 0.25) is 5.91 Å². The molecule has 0 aromatic carbocycles. The Bertz CT molecular complexity index is 359. The highest BCUT2D eigenvalue weighted by molar-refractivity contribution is 5.95. The van der Waals surface area contributed by atoms with Crippen LogP contribution in [0.25, 0.3) is 0 Å². The zero-order valence-electron chi connectivity index (χ0n) is 9.53. The van der Waals surface area contributed by atoms with E-state index in [0.29, 0.717) is 19.5 Å². The molecule has 1 aliphatic carbocycles. The number of hydrogen-bond acceptors (Lipinski definition) is 2. The van der Waals surface area contributed by atoms with Gasteiger partial charge in [-0.2, -0.15) is 0 Å². The van der Waals surface area contributed by atoms with E-state index in [1.165, 1.54) is 5.57 Å². The summed E-state index contributed by atoms with van der Waals surface area (Å²) in [6, 6.07) is 0. The molecule has 0 aromatic heterocycles. The fourth-order valence-corrected chi connectivity index (χ4v) is 2.52. The molecule has 1 atom stereocenters. The van der Waals surface area contributed by atoms with Crippen molar-refractivity contribution < 1.29 is 14.7 Å². The lowest BCUT2D eigenvalue weighted by atomic mass is 10.1. The second-order valence-electron chi connectivity index (χ2n) is 4.69. The van der Waals surface area contributed by atoms with Gasteiger partial charge in [0.25, 0.3) is 0 Å². The highest BCUT2D eigenvalue weighted by Gasteiger charge is 2.33. The number of nitrogens with zero attached hydrogens (tertiary/aromatic N) is 1. The molecule has 0 bridgehead atoms. The van der Waals surface area contributed by atoms with Gasteiger partial charge in [0.15, 0.2) is 0 Å². The van der Waals surface area contributed by atoms with Gasteiger partial charge in [0.1, 0.15) is 0 Å². The standard InChI is InChI=1S/C12H17NO3/c1-8-3-2-4-10(8)11(14)13-6-5-9(7-13)12(15)16/h9H,2-7H2,1H3,(H,15,16). The van der Waals surface area contributed by atoms with Gasteiger partial charge in [0.05, 0.1) is 5.92 Å². The van der Waals surface area contributed by atoms with Crippen LogP contribution in [0.5, 0.6) is 0 Å². The molecule has 1 N–H and O–H groups in total. The van der Waals surface area contributed by atoms with E-state index in [9.17, 15) is 9.59 Å². The third-order valence-corrected chi connectivity index (χ3v) is 3.58. The molecule has 1 saturated heterocycles. The minimum Gasteiger partial charge on any atom is -0.481 e. The normalized spacial score (nSPS) is 25.3. The smallest absolute Gasteiger partial charge is 0.308 e. The highest BCUT2D eigenvalue weighted by atomic mass is 16.4. The van der Waals surface area contributed by atoms with Crippen LogP contribution >= 0.6 is 0 Å².